The molecule has 1 aliphatic rings. The summed E-state index contributed by atoms with van der Waals surface area (Å²) in [5.41, 5.74) is -0.253. The number of carbonyl (C=O) groups is 4. The van der Waals surface area contributed by atoms with Crippen molar-refractivity contribution in [2.45, 2.75) is 25.7 Å². The molecule has 1 aliphatic heterocycles. The molecule has 1 aromatic carbocycles. The number of barbiturate groups is 1. The number of carboxylic acids is 1. The Morgan fingerprint density at radius 3 is 2.41 bits per heavy atom. The molecule has 1 saturated heterocycles. The monoisotopic (exact) mass is 396 g/mol. The molecular formula is C17H17ClN2O7. The van der Waals surface area contributed by atoms with Gasteiger partial charge in [-0.1, -0.05) is 11.6 Å². The van der Waals surface area contributed by atoms with Crippen molar-refractivity contribution < 1.29 is 34.1 Å². The average Bonchev–Trinajstić information content (AvgIpc) is 2.59. The molecule has 4 amide bonds. The van der Waals surface area contributed by atoms with Gasteiger partial charge in [0.2, 0.25) is 0 Å². The Bertz CT molecular complexity index is 798. The number of phenolic OH excluding ortho intramolecular Hbond substituents is 1. The van der Waals surface area contributed by atoms with Crippen molar-refractivity contribution in [3.05, 3.63) is 28.3 Å². The van der Waals surface area contributed by atoms with E-state index in [0.29, 0.717) is 19.3 Å². The molecule has 0 saturated carbocycles. The maximum atomic E-state index is 11.7. The van der Waals surface area contributed by atoms with E-state index in [1.54, 1.807) is 0 Å². The normalized spacial score (nSPS) is 13.8. The number of rotatable bonds is 8. The second-order valence-electron chi connectivity index (χ2n) is 5.66. The van der Waals surface area contributed by atoms with Crippen LogP contribution >= 0.6 is 11.6 Å². The summed E-state index contributed by atoms with van der Waals surface area (Å²) < 4.78 is 5.46. The molecule has 10 heteroatoms. The first-order valence-corrected chi connectivity index (χ1v) is 8.42. The van der Waals surface area contributed by atoms with E-state index >= 15 is 0 Å². The smallest absolute Gasteiger partial charge is 0.328 e. The van der Waals surface area contributed by atoms with Gasteiger partial charge in [0.25, 0.3) is 11.8 Å². The third kappa shape index (κ3) is 5.45. The van der Waals surface area contributed by atoms with Crippen molar-refractivity contribution in [1.82, 2.24) is 10.6 Å². The molecule has 1 fully saturated rings. The molecule has 1 aromatic rings. The van der Waals surface area contributed by atoms with Crippen LogP contribution in [0.3, 0.4) is 0 Å². The van der Waals surface area contributed by atoms with Gasteiger partial charge in [0.1, 0.15) is 22.1 Å². The van der Waals surface area contributed by atoms with Crippen molar-refractivity contribution in [1.29, 1.82) is 0 Å². The number of unbranched alkanes of at least 4 members (excludes halogenated alkanes) is 2. The van der Waals surface area contributed by atoms with Crippen LogP contribution in [0.1, 0.15) is 31.2 Å². The number of aromatic hydroxyl groups is 1. The fraction of sp³-hybridized carbons (Fsp3) is 0.294. The number of halogens is 1. The minimum Gasteiger partial charge on any atom is -0.506 e. The minimum absolute atomic E-state index is 0.0948. The number of benzene rings is 1. The molecule has 1 heterocycles. The topological polar surface area (TPSA) is 142 Å². The SMILES string of the molecule is O=C(O)CCCCCOc1ccc(C=C2C(=O)NC(=O)NC2=O)c(O)c1Cl. The van der Waals surface area contributed by atoms with E-state index in [1.165, 1.54) is 12.1 Å². The molecule has 144 valence electrons. The van der Waals surface area contributed by atoms with Gasteiger partial charge >= 0.3 is 12.0 Å². The van der Waals surface area contributed by atoms with Crippen LogP contribution in [0.15, 0.2) is 17.7 Å². The third-order valence-electron chi connectivity index (χ3n) is 3.65. The molecule has 2 rings (SSSR count). The molecule has 9 nitrogen and oxygen atoms in total. The summed E-state index contributed by atoms with van der Waals surface area (Å²) in [6, 6.07) is 1.96. The first-order chi connectivity index (χ1) is 12.8. The zero-order chi connectivity index (χ0) is 20.0. The van der Waals surface area contributed by atoms with Crippen LogP contribution in [0.5, 0.6) is 11.5 Å². The highest BCUT2D eigenvalue weighted by Gasteiger charge is 2.28. The van der Waals surface area contributed by atoms with Crippen LogP contribution < -0.4 is 15.4 Å². The fourth-order valence-electron chi connectivity index (χ4n) is 2.29. The van der Waals surface area contributed by atoms with Crippen molar-refractivity contribution in [3.63, 3.8) is 0 Å². The number of aliphatic carboxylic acids is 1. The minimum atomic E-state index is -0.920. The molecule has 0 aromatic heterocycles. The van der Waals surface area contributed by atoms with E-state index < -0.39 is 23.8 Å². The van der Waals surface area contributed by atoms with Gasteiger partial charge in [0.05, 0.1) is 6.61 Å². The van der Waals surface area contributed by atoms with Crippen LogP contribution in [0.25, 0.3) is 6.08 Å². The van der Waals surface area contributed by atoms with E-state index in [-0.39, 0.29) is 40.7 Å². The number of carboxylic acid groups (broad SMARTS) is 1. The Kier molecular flexibility index (Phi) is 6.78. The Balaban J connectivity index is 2.03. The number of urea groups is 1. The highest BCUT2D eigenvalue weighted by molar-refractivity contribution is 6.34. The summed E-state index contributed by atoms with van der Waals surface area (Å²) in [6.45, 7) is 0.284. The summed E-state index contributed by atoms with van der Waals surface area (Å²) in [5.74, 6) is -2.80. The van der Waals surface area contributed by atoms with E-state index in [1.807, 2.05) is 10.6 Å². The molecule has 0 bridgehead atoms. The highest BCUT2D eigenvalue weighted by atomic mass is 35.5. The number of hydrogen-bond acceptors (Lipinski definition) is 6. The van der Waals surface area contributed by atoms with Crippen molar-refractivity contribution in [3.8, 4) is 11.5 Å². The van der Waals surface area contributed by atoms with E-state index in [4.69, 9.17) is 21.4 Å². The number of amides is 4. The second kappa shape index (κ2) is 9.04. The summed E-state index contributed by atoms with van der Waals surface area (Å²) in [6.07, 6.45) is 3.02. The first kappa shape index (κ1) is 20.2. The van der Waals surface area contributed by atoms with E-state index in [0.717, 1.165) is 6.08 Å². The average molecular weight is 397 g/mol. The summed E-state index contributed by atoms with van der Waals surface area (Å²) in [5, 5.41) is 22.5. The number of nitrogens with one attached hydrogen (secondary N) is 2. The van der Waals surface area contributed by atoms with Gasteiger partial charge in [-0.25, -0.2) is 4.79 Å². The van der Waals surface area contributed by atoms with Crippen molar-refractivity contribution in [2.75, 3.05) is 6.61 Å². The molecule has 4 N–H and O–H groups in total. The first-order valence-electron chi connectivity index (χ1n) is 8.04. The van der Waals surface area contributed by atoms with E-state index in [9.17, 15) is 24.3 Å². The Labute approximate surface area is 159 Å². The van der Waals surface area contributed by atoms with Gasteiger partial charge < -0.3 is 14.9 Å². The summed E-state index contributed by atoms with van der Waals surface area (Å²) in [7, 11) is 0. The van der Waals surface area contributed by atoms with Gasteiger partial charge in [0.15, 0.2) is 0 Å². The standard InChI is InChI=1S/C17H17ClN2O7/c18-13-11(27-7-3-1-2-4-12(21)22)6-5-9(14(13)23)8-10-15(24)19-17(26)20-16(10)25/h5-6,8,23H,1-4,7H2,(H,21,22)(H2,19,20,24,25,26). The van der Waals surface area contributed by atoms with Gasteiger partial charge in [-0.15, -0.1) is 0 Å². The fourth-order valence-corrected chi connectivity index (χ4v) is 2.51. The maximum absolute atomic E-state index is 11.7. The van der Waals surface area contributed by atoms with Crippen LogP contribution in [0.4, 0.5) is 4.79 Å². The van der Waals surface area contributed by atoms with Gasteiger partial charge in [-0.3, -0.25) is 25.0 Å². The highest BCUT2D eigenvalue weighted by Crippen LogP contribution is 2.37. The number of ether oxygens (including phenoxy) is 1. The second-order valence-corrected chi connectivity index (χ2v) is 6.04. The lowest BCUT2D eigenvalue weighted by Crippen LogP contribution is -2.51. The van der Waals surface area contributed by atoms with Crippen LogP contribution in [0, 0.1) is 0 Å². The van der Waals surface area contributed by atoms with Gasteiger partial charge in [0, 0.05) is 12.0 Å². The number of imide groups is 2. The Hall–Kier alpha value is -3.07. The summed E-state index contributed by atoms with van der Waals surface area (Å²) in [4.78, 5) is 44.9. The zero-order valence-electron chi connectivity index (χ0n) is 14.1. The lowest BCUT2D eigenvalue weighted by molar-refractivity contribution is -0.137. The molecule has 27 heavy (non-hydrogen) atoms. The Morgan fingerprint density at radius 2 is 1.78 bits per heavy atom. The summed E-state index contributed by atoms with van der Waals surface area (Å²) >= 11 is 6.06. The molecule has 0 radical (unpaired) electrons. The van der Waals surface area contributed by atoms with Gasteiger partial charge in [-0.2, -0.15) is 0 Å². The molecule has 0 unspecified atom stereocenters. The third-order valence-corrected chi connectivity index (χ3v) is 4.01. The van der Waals surface area contributed by atoms with Crippen LogP contribution in [-0.2, 0) is 14.4 Å². The lowest BCUT2D eigenvalue weighted by atomic mass is 10.1. The lowest BCUT2D eigenvalue weighted by Gasteiger charge is -2.15. The maximum Gasteiger partial charge on any atom is 0.328 e. The largest absolute Gasteiger partial charge is 0.506 e. The number of carbonyl (C=O) groups excluding carboxylic acids is 3. The Morgan fingerprint density at radius 1 is 1.11 bits per heavy atom. The zero-order valence-corrected chi connectivity index (χ0v) is 14.8. The van der Waals surface area contributed by atoms with Crippen LogP contribution in [-0.4, -0.2) is 40.6 Å². The molecule has 0 atom stereocenters. The molecular weight excluding hydrogens is 380 g/mol. The van der Waals surface area contributed by atoms with Gasteiger partial charge in [-0.05, 0) is 37.5 Å². The molecule has 0 spiro atoms. The van der Waals surface area contributed by atoms with Crippen LogP contribution in [0.2, 0.25) is 5.02 Å². The quantitative estimate of drug-likeness (QED) is 0.298. The molecule has 0 aliphatic carbocycles. The predicted molar refractivity (Wildman–Crippen MR) is 94.4 cm³/mol. The van der Waals surface area contributed by atoms with Crippen molar-refractivity contribution in [2.24, 2.45) is 0 Å². The van der Waals surface area contributed by atoms with E-state index in [2.05, 4.69) is 0 Å². The number of hydrogen-bond donors (Lipinski definition) is 4. The van der Waals surface area contributed by atoms with Crippen molar-refractivity contribution >= 4 is 41.5 Å². The number of phenols is 1. The predicted octanol–water partition coefficient (Wildman–Crippen LogP) is 1.82.